The summed E-state index contributed by atoms with van der Waals surface area (Å²) in [5.74, 6) is -0.215. The Labute approximate surface area is 107 Å². The average Bonchev–Trinajstić information content (AvgIpc) is 2.66. The molecule has 0 bridgehead atoms. The van der Waals surface area contributed by atoms with E-state index in [-0.39, 0.29) is 5.91 Å². The number of aromatic nitrogens is 2. The summed E-state index contributed by atoms with van der Waals surface area (Å²) in [6, 6.07) is 1.67. The zero-order valence-electron chi connectivity index (χ0n) is 10.9. The first-order valence-electron chi connectivity index (χ1n) is 6.59. The van der Waals surface area contributed by atoms with Gasteiger partial charge in [-0.2, -0.15) is 5.10 Å². The lowest BCUT2D eigenvalue weighted by atomic mass is 9.94. The van der Waals surface area contributed by atoms with Crippen LogP contribution in [0.4, 0.5) is 0 Å². The summed E-state index contributed by atoms with van der Waals surface area (Å²) >= 11 is 0. The second-order valence-corrected chi connectivity index (χ2v) is 5.20. The number of amides is 1. The maximum absolute atomic E-state index is 11.8. The van der Waals surface area contributed by atoms with Gasteiger partial charge in [-0.1, -0.05) is 25.7 Å². The molecular weight excluding hydrogens is 230 g/mol. The van der Waals surface area contributed by atoms with Gasteiger partial charge in [-0.15, -0.1) is 0 Å². The van der Waals surface area contributed by atoms with Crippen LogP contribution in [0.1, 0.15) is 49.0 Å². The molecule has 1 fully saturated rings. The fraction of sp³-hybridized carbons (Fsp3) is 0.692. The predicted molar refractivity (Wildman–Crippen MR) is 68.2 cm³/mol. The van der Waals surface area contributed by atoms with Crippen LogP contribution in [-0.2, 0) is 7.05 Å². The largest absolute Gasteiger partial charge is 0.388 e. The van der Waals surface area contributed by atoms with Crippen molar-refractivity contribution in [2.45, 2.75) is 44.1 Å². The summed E-state index contributed by atoms with van der Waals surface area (Å²) in [6.07, 6.45) is 7.71. The van der Waals surface area contributed by atoms with Gasteiger partial charge in [0.1, 0.15) is 5.69 Å². The number of hydrogen-bond acceptors (Lipinski definition) is 3. The second-order valence-electron chi connectivity index (χ2n) is 5.20. The number of carbonyl (C=O) groups excluding carboxylic acids is 1. The summed E-state index contributed by atoms with van der Waals surface area (Å²) < 4.78 is 1.59. The molecule has 0 aliphatic heterocycles. The van der Waals surface area contributed by atoms with Gasteiger partial charge in [0.15, 0.2) is 0 Å². The van der Waals surface area contributed by atoms with E-state index in [0.29, 0.717) is 12.2 Å². The molecule has 0 saturated heterocycles. The van der Waals surface area contributed by atoms with Crippen LogP contribution in [0.25, 0.3) is 0 Å². The maximum Gasteiger partial charge on any atom is 0.271 e. The fourth-order valence-electron chi connectivity index (χ4n) is 2.43. The number of rotatable bonds is 3. The SMILES string of the molecule is Cn1ccc(C(=O)NCC2(O)CCCCCC2)n1. The first-order valence-corrected chi connectivity index (χ1v) is 6.59. The number of nitrogens with zero attached hydrogens (tertiary/aromatic N) is 2. The fourth-order valence-corrected chi connectivity index (χ4v) is 2.43. The molecule has 1 saturated carbocycles. The molecule has 18 heavy (non-hydrogen) atoms. The third-order valence-corrected chi connectivity index (χ3v) is 3.56. The standard InChI is InChI=1S/C13H21N3O2/c1-16-9-6-11(15-16)12(17)14-10-13(18)7-4-2-3-5-8-13/h6,9,18H,2-5,7-8,10H2,1H3,(H,14,17). The van der Waals surface area contributed by atoms with E-state index in [1.807, 2.05) is 0 Å². The van der Waals surface area contributed by atoms with Gasteiger partial charge in [0.2, 0.25) is 0 Å². The number of hydrogen-bond donors (Lipinski definition) is 2. The lowest BCUT2D eigenvalue weighted by molar-refractivity contribution is 0.0246. The normalized spacial score (nSPS) is 19.2. The highest BCUT2D eigenvalue weighted by molar-refractivity contribution is 5.92. The summed E-state index contributed by atoms with van der Waals surface area (Å²) in [5, 5.41) is 17.2. The van der Waals surface area contributed by atoms with Gasteiger partial charge in [0.25, 0.3) is 5.91 Å². The molecule has 2 N–H and O–H groups in total. The lowest BCUT2D eigenvalue weighted by Gasteiger charge is -2.26. The first-order chi connectivity index (χ1) is 8.59. The Morgan fingerprint density at radius 1 is 1.44 bits per heavy atom. The minimum Gasteiger partial charge on any atom is -0.388 e. The minimum absolute atomic E-state index is 0.215. The van der Waals surface area contributed by atoms with Gasteiger partial charge in [-0.25, -0.2) is 0 Å². The topological polar surface area (TPSA) is 67.2 Å². The molecule has 0 radical (unpaired) electrons. The van der Waals surface area contributed by atoms with Crippen molar-refractivity contribution in [1.29, 1.82) is 0 Å². The van der Waals surface area contributed by atoms with Crippen LogP contribution in [0.5, 0.6) is 0 Å². The van der Waals surface area contributed by atoms with E-state index in [4.69, 9.17) is 0 Å². The molecule has 2 rings (SSSR count). The third-order valence-electron chi connectivity index (χ3n) is 3.56. The molecule has 0 unspecified atom stereocenters. The van der Waals surface area contributed by atoms with Crippen molar-refractivity contribution in [3.63, 3.8) is 0 Å². The summed E-state index contributed by atoms with van der Waals surface area (Å²) in [6.45, 7) is 0.322. The zero-order chi connectivity index (χ0) is 13.0. The smallest absolute Gasteiger partial charge is 0.271 e. The summed E-state index contributed by atoms with van der Waals surface area (Å²) in [5.41, 5.74) is -0.337. The van der Waals surface area contributed by atoms with Crippen LogP contribution in [0, 0.1) is 0 Å². The van der Waals surface area contributed by atoms with Gasteiger partial charge in [0.05, 0.1) is 5.60 Å². The molecule has 5 heteroatoms. The Hall–Kier alpha value is -1.36. The Kier molecular flexibility index (Phi) is 4.01. The molecule has 1 heterocycles. The highest BCUT2D eigenvalue weighted by Gasteiger charge is 2.28. The number of aryl methyl sites for hydroxylation is 1. The van der Waals surface area contributed by atoms with Crippen molar-refractivity contribution < 1.29 is 9.90 Å². The Morgan fingerprint density at radius 2 is 2.11 bits per heavy atom. The molecule has 0 aromatic carbocycles. The number of aliphatic hydroxyl groups is 1. The lowest BCUT2D eigenvalue weighted by Crippen LogP contribution is -2.42. The van der Waals surface area contributed by atoms with Crippen LogP contribution >= 0.6 is 0 Å². The Bertz CT molecular complexity index is 406. The first kappa shape index (κ1) is 13.1. The quantitative estimate of drug-likeness (QED) is 0.794. The summed E-state index contributed by atoms with van der Waals surface area (Å²) in [4.78, 5) is 11.8. The van der Waals surface area contributed by atoms with Gasteiger partial charge in [-0.3, -0.25) is 9.48 Å². The van der Waals surface area contributed by atoms with E-state index >= 15 is 0 Å². The van der Waals surface area contributed by atoms with Crippen molar-refractivity contribution in [3.05, 3.63) is 18.0 Å². The molecule has 5 nitrogen and oxygen atoms in total. The van der Waals surface area contributed by atoms with Crippen molar-refractivity contribution >= 4 is 5.91 Å². The average molecular weight is 251 g/mol. The monoisotopic (exact) mass is 251 g/mol. The minimum atomic E-state index is -0.735. The van der Waals surface area contributed by atoms with Crippen molar-refractivity contribution in [2.75, 3.05) is 6.54 Å². The Balaban J connectivity index is 1.88. The van der Waals surface area contributed by atoms with Crippen molar-refractivity contribution in [2.24, 2.45) is 7.05 Å². The highest BCUT2D eigenvalue weighted by atomic mass is 16.3. The van der Waals surface area contributed by atoms with E-state index < -0.39 is 5.60 Å². The van der Waals surface area contributed by atoms with Crippen molar-refractivity contribution in [3.8, 4) is 0 Å². The molecule has 0 atom stereocenters. The maximum atomic E-state index is 11.8. The van der Waals surface area contributed by atoms with E-state index in [1.165, 1.54) is 12.8 Å². The molecule has 1 aromatic heterocycles. The Morgan fingerprint density at radius 3 is 2.67 bits per heavy atom. The molecule has 1 aliphatic carbocycles. The molecule has 1 amide bonds. The van der Waals surface area contributed by atoms with Gasteiger partial charge in [0, 0.05) is 19.8 Å². The molecule has 1 aliphatic rings. The van der Waals surface area contributed by atoms with Crippen LogP contribution in [0.2, 0.25) is 0 Å². The van der Waals surface area contributed by atoms with E-state index in [2.05, 4.69) is 10.4 Å². The van der Waals surface area contributed by atoms with E-state index in [0.717, 1.165) is 25.7 Å². The summed E-state index contributed by atoms with van der Waals surface area (Å²) in [7, 11) is 1.77. The van der Waals surface area contributed by atoms with Crippen LogP contribution < -0.4 is 5.32 Å². The molecule has 0 spiro atoms. The highest BCUT2D eigenvalue weighted by Crippen LogP contribution is 2.26. The van der Waals surface area contributed by atoms with Crippen LogP contribution in [0.3, 0.4) is 0 Å². The zero-order valence-corrected chi connectivity index (χ0v) is 10.9. The van der Waals surface area contributed by atoms with Gasteiger partial charge in [-0.05, 0) is 18.9 Å². The van der Waals surface area contributed by atoms with Gasteiger partial charge < -0.3 is 10.4 Å². The predicted octanol–water partition coefficient (Wildman–Crippen LogP) is 1.24. The second kappa shape index (κ2) is 5.52. The number of nitrogens with one attached hydrogen (secondary N) is 1. The van der Waals surface area contributed by atoms with Crippen molar-refractivity contribution in [1.82, 2.24) is 15.1 Å². The van der Waals surface area contributed by atoms with Crippen LogP contribution in [-0.4, -0.2) is 32.9 Å². The molecule has 1 aromatic rings. The third kappa shape index (κ3) is 3.32. The van der Waals surface area contributed by atoms with Gasteiger partial charge >= 0.3 is 0 Å². The van der Waals surface area contributed by atoms with Crippen LogP contribution in [0.15, 0.2) is 12.3 Å². The number of carbonyl (C=O) groups is 1. The van der Waals surface area contributed by atoms with E-state index in [9.17, 15) is 9.90 Å². The van der Waals surface area contributed by atoms with E-state index in [1.54, 1.807) is 24.0 Å². The molecular formula is C13H21N3O2. The molecule has 100 valence electrons.